The second-order valence-electron chi connectivity index (χ2n) is 2.85. The van der Waals surface area contributed by atoms with Crippen molar-refractivity contribution in [2.24, 2.45) is 0 Å². The van der Waals surface area contributed by atoms with Gasteiger partial charge in [0.05, 0.1) is 0 Å². The van der Waals surface area contributed by atoms with Crippen molar-refractivity contribution < 1.29 is 29.3 Å². The van der Waals surface area contributed by atoms with Crippen LogP contribution in [0.5, 0.6) is 0 Å². The molecule has 0 heterocycles. The third kappa shape index (κ3) is 6.41. The van der Waals surface area contributed by atoms with Gasteiger partial charge in [-0.2, -0.15) is 0 Å². The smallest absolute Gasteiger partial charge is 0.408 e. The first-order valence-electron chi connectivity index (χ1n) is 4.46. The summed E-state index contributed by atoms with van der Waals surface area (Å²) < 4.78 is 4.50. The molecule has 0 spiro atoms. The SMILES string of the molecule is C=CCOC(=O)N[C@H](CCC(=O)O)C(=O)O. The summed E-state index contributed by atoms with van der Waals surface area (Å²) in [6.45, 7) is 3.26. The number of carboxylic acid groups (broad SMARTS) is 2. The molecule has 16 heavy (non-hydrogen) atoms. The summed E-state index contributed by atoms with van der Waals surface area (Å²) >= 11 is 0. The molecule has 0 aliphatic carbocycles. The second kappa shape index (κ2) is 7.27. The number of ether oxygens (including phenoxy) is 1. The van der Waals surface area contributed by atoms with E-state index in [1.165, 1.54) is 6.08 Å². The van der Waals surface area contributed by atoms with Crippen LogP contribution in [0.25, 0.3) is 0 Å². The number of aliphatic carboxylic acids is 2. The third-order valence-electron chi connectivity index (χ3n) is 1.57. The van der Waals surface area contributed by atoms with Crippen LogP contribution in [0.1, 0.15) is 12.8 Å². The molecular weight excluding hydrogens is 218 g/mol. The van der Waals surface area contributed by atoms with Crippen molar-refractivity contribution in [3.05, 3.63) is 12.7 Å². The minimum Gasteiger partial charge on any atom is -0.481 e. The molecule has 3 N–H and O–H groups in total. The van der Waals surface area contributed by atoms with E-state index in [1.54, 1.807) is 0 Å². The number of carbonyl (C=O) groups excluding carboxylic acids is 1. The van der Waals surface area contributed by atoms with Crippen molar-refractivity contribution in [3.63, 3.8) is 0 Å². The van der Waals surface area contributed by atoms with Gasteiger partial charge in [-0.05, 0) is 6.42 Å². The van der Waals surface area contributed by atoms with E-state index < -0.39 is 24.1 Å². The number of alkyl carbamates (subject to hydrolysis) is 1. The van der Waals surface area contributed by atoms with Gasteiger partial charge >= 0.3 is 18.0 Å². The summed E-state index contributed by atoms with van der Waals surface area (Å²) in [4.78, 5) is 31.8. The monoisotopic (exact) mass is 231 g/mol. The first kappa shape index (κ1) is 13.9. The molecule has 0 aliphatic rings. The molecule has 0 saturated heterocycles. The van der Waals surface area contributed by atoms with E-state index in [1.807, 2.05) is 5.32 Å². The van der Waals surface area contributed by atoms with E-state index >= 15 is 0 Å². The second-order valence-corrected chi connectivity index (χ2v) is 2.85. The predicted molar refractivity (Wildman–Crippen MR) is 53.0 cm³/mol. The highest BCUT2D eigenvalue weighted by molar-refractivity contribution is 5.80. The van der Waals surface area contributed by atoms with Crippen molar-refractivity contribution in [2.45, 2.75) is 18.9 Å². The highest BCUT2D eigenvalue weighted by atomic mass is 16.5. The van der Waals surface area contributed by atoms with Crippen LogP contribution in [-0.2, 0) is 14.3 Å². The normalized spacial score (nSPS) is 11.2. The Hall–Kier alpha value is -2.05. The maximum Gasteiger partial charge on any atom is 0.408 e. The van der Waals surface area contributed by atoms with E-state index in [0.717, 1.165) is 0 Å². The fraction of sp³-hybridized carbons (Fsp3) is 0.444. The summed E-state index contributed by atoms with van der Waals surface area (Å²) in [6, 6.07) is -1.27. The quantitative estimate of drug-likeness (QED) is 0.540. The molecule has 0 aromatic heterocycles. The highest BCUT2D eigenvalue weighted by Crippen LogP contribution is 1.98. The standard InChI is InChI=1S/C9H13NO6/c1-2-5-16-9(15)10-6(8(13)14)3-4-7(11)12/h2,6H,1,3-5H2,(H,10,15)(H,11,12)(H,13,14)/t6-/m1/s1. The lowest BCUT2D eigenvalue weighted by atomic mass is 10.1. The van der Waals surface area contributed by atoms with Crippen molar-refractivity contribution in [3.8, 4) is 0 Å². The molecule has 1 atom stereocenters. The topological polar surface area (TPSA) is 113 Å². The molecule has 0 fully saturated rings. The first-order chi connectivity index (χ1) is 7.47. The fourth-order valence-corrected chi connectivity index (χ4v) is 0.844. The zero-order chi connectivity index (χ0) is 12.6. The maximum atomic E-state index is 11.0. The number of carboxylic acids is 2. The van der Waals surface area contributed by atoms with Crippen LogP contribution in [0.4, 0.5) is 4.79 Å². The first-order valence-corrected chi connectivity index (χ1v) is 4.46. The maximum absolute atomic E-state index is 11.0. The van der Waals surface area contributed by atoms with Gasteiger partial charge in [-0.3, -0.25) is 4.79 Å². The fourth-order valence-electron chi connectivity index (χ4n) is 0.844. The number of nitrogens with one attached hydrogen (secondary N) is 1. The predicted octanol–water partition coefficient (Wildman–Crippen LogP) is 0.217. The molecule has 0 bridgehead atoms. The van der Waals surface area contributed by atoms with Gasteiger partial charge in [0.2, 0.25) is 0 Å². The largest absolute Gasteiger partial charge is 0.481 e. The van der Waals surface area contributed by atoms with Crippen molar-refractivity contribution in [1.82, 2.24) is 5.32 Å². The molecule has 1 amide bonds. The molecule has 0 aromatic carbocycles. The summed E-state index contributed by atoms with van der Waals surface area (Å²) in [5.74, 6) is -2.44. The summed E-state index contributed by atoms with van der Waals surface area (Å²) in [7, 11) is 0. The number of carbonyl (C=O) groups is 3. The molecular formula is C9H13NO6. The van der Waals surface area contributed by atoms with Gasteiger partial charge in [0.25, 0.3) is 0 Å². The average Bonchev–Trinajstić information content (AvgIpc) is 2.20. The van der Waals surface area contributed by atoms with Gasteiger partial charge < -0.3 is 20.3 Å². The molecule has 0 saturated carbocycles. The van der Waals surface area contributed by atoms with Gasteiger partial charge in [0.1, 0.15) is 12.6 Å². The van der Waals surface area contributed by atoms with E-state index in [2.05, 4.69) is 11.3 Å². The minimum atomic E-state index is -1.31. The summed E-state index contributed by atoms with van der Waals surface area (Å²) in [6.07, 6.45) is -0.142. The Morgan fingerprint density at radius 1 is 1.38 bits per heavy atom. The van der Waals surface area contributed by atoms with Crippen LogP contribution in [0, 0.1) is 0 Å². The molecule has 7 heteroatoms. The van der Waals surface area contributed by atoms with E-state index in [4.69, 9.17) is 10.2 Å². The van der Waals surface area contributed by atoms with Crippen LogP contribution in [-0.4, -0.2) is 40.9 Å². The van der Waals surface area contributed by atoms with Crippen LogP contribution in [0.2, 0.25) is 0 Å². The number of hydrogen-bond acceptors (Lipinski definition) is 4. The molecule has 0 aliphatic heterocycles. The molecule has 90 valence electrons. The number of rotatable bonds is 7. The lowest BCUT2D eigenvalue weighted by Crippen LogP contribution is -2.41. The Kier molecular flexibility index (Phi) is 6.34. The molecule has 7 nitrogen and oxygen atoms in total. The Bertz CT molecular complexity index is 288. The van der Waals surface area contributed by atoms with Gasteiger partial charge in [-0.25, -0.2) is 9.59 Å². The van der Waals surface area contributed by atoms with Crippen LogP contribution < -0.4 is 5.32 Å². The van der Waals surface area contributed by atoms with Gasteiger partial charge in [-0.1, -0.05) is 12.7 Å². The Balaban J connectivity index is 4.11. The average molecular weight is 231 g/mol. The minimum absolute atomic E-state index is 0.0445. The van der Waals surface area contributed by atoms with Gasteiger partial charge in [-0.15, -0.1) is 0 Å². The van der Waals surface area contributed by atoms with E-state index in [-0.39, 0.29) is 19.4 Å². The summed E-state index contributed by atoms with van der Waals surface area (Å²) in [5, 5.41) is 19.1. The lowest BCUT2D eigenvalue weighted by molar-refractivity contribution is -0.140. The van der Waals surface area contributed by atoms with Gasteiger partial charge in [0, 0.05) is 6.42 Å². The molecule has 0 radical (unpaired) electrons. The van der Waals surface area contributed by atoms with Crippen molar-refractivity contribution >= 4 is 18.0 Å². The lowest BCUT2D eigenvalue weighted by Gasteiger charge is -2.12. The number of amides is 1. The Labute approximate surface area is 91.7 Å². The van der Waals surface area contributed by atoms with Crippen LogP contribution in [0.3, 0.4) is 0 Å². The highest BCUT2D eigenvalue weighted by Gasteiger charge is 2.21. The zero-order valence-electron chi connectivity index (χ0n) is 8.51. The van der Waals surface area contributed by atoms with Crippen LogP contribution >= 0.6 is 0 Å². The zero-order valence-corrected chi connectivity index (χ0v) is 8.51. The molecule has 0 unspecified atom stereocenters. The van der Waals surface area contributed by atoms with Crippen molar-refractivity contribution in [1.29, 1.82) is 0 Å². The Morgan fingerprint density at radius 3 is 2.44 bits per heavy atom. The third-order valence-corrected chi connectivity index (χ3v) is 1.57. The van der Waals surface area contributed by atoms with E-state index in [0.29, 0.717) is 0 Å². The molecule has 0 aromatic rings. The number of hydrogen-bond donors (Lipinski definition) is 3. The summed E-state index contributed by atoms with van der Waals surface area (Å²) in [5.41, 5.74) is 0. The Morgan fingerprint density at radius 2 is 2.00 bits per heavy atom. The molecule has 0 rings (SSSR count). The van der Waals surface area contributed by atoms with Gasteiger partial charge in [0.15, 0.2) is 0 Å². The van der Waals surface area contributed by atoms with Crippen molar-refractivity contribution in [2.75, 3.05) is 6.61 Å². The van der Waals surface area contributed by atoms with E-state index in [9.17, 15) is 14.4 Å². The van der Waals surface area contributed by atoms with Crippen LogP contribution in [0.15, 0.2) is 12.7 Å².